The van der Waals surface area contributed by atoms with Gasteiger partial charge in [-0.2, -0.15) is 13.2 Å². The van der Waals surface area contributed by atoms with Gasteiger partial charge in [0.05, 0.1) is 5.56 Å². The van der Waals surface area contributed by atoms with Gasteiger partial charge in [0.1, 0.15) is 5.82 Å². The first-order chi connectivity index (χ1) is 12.4. The topological polar surface area (TPSA) is 0 Å². The minimum Gasteiger partial charge on any atom is -0.206 e. The van der Waals surface area contributed by atoms with Crippen LogP contribution in [-0.2, 0) is 6.18 Å². The zero-order valence-corrected chi connectivity index (χ0v) is 16.5. The molecule has 5 heteroatoms. The van der Waals surface area contributed by atoms with Gasteiger partial charge in [0.2, 0.25) is 0 Å². The summed E-state index contributed by atoms with van der Waals surface area (Å²) in [6.45, 7) is 0. The molecular weight excluding hydrogens is 455 g/mol. The molecular formula is C21H21F4I. The molecule has 0 radical (unpaired) electrons. The molecule has 0 N–H and O–H groups in total. The van der Waals surface area contributed by atoms with E-state index in [-0.39, 0.29) is 0 Å². The first kappa shape index (κ1) is 19.6. The maximum atomic E-state index is 13.8. The lowest BCUT2D eigenvalue weighted by molar-refractivity contribution is -0.139. The average molecular weight is 476 g/mol. The molecule has 1 saturated carbocycles. The summed E-state index contributed by atoms with van der Waals surface area (Å²) in [5.41, 5.74) is 1.25. The number of rotatable bonds is 4. The van der Waals surface area contributed by atoms with E-state index in [4.69, 9.17) is 0 Å². The van der Waals surface area contributed by atoms with Gasteiger partial charge in [-0.05, 0) is 77.2 Å². The quantitative estimate of drug-likeness (QED) is 0.242. The molecule has 26 heavy (non-hydrogen) atoms. The molecule has 0 saturated heterocycles. The molecule has 0 heterocycles. The highest BCUT2D eigenvalue weighted by Crippen LogP contribution is 2.38. The van der Waals surface area contributed by atoms with E-state index in [1.807, 2.05) is 24.3 Å². The van der Waals surface area contributed by atoms with Crippen molar-refractivity contribution in [3.8, 4) is 11.1 Å². The van der Waals surface area contributed by atoms with Gasteiger partial charge < -0.3 is 0 Å². The van der Waals surface area contributed by atoms with Crippen molar-refractivity contribution in [1.82, 2.24) is 0 Å². The highest BCUT2D eigenvalue weighted by Gasteiger charge is 2.34. The zero-order valence-electron chi connectivity index (χ0n) is 14.3. The molecule has 0 amide bonds. The fourth-order valence-corrected chi connectivity index (χ4v) is 4.69. The van der Waals surface area contributed by atoms with Gasteiger partial charge in [-0.1, -0.05) is 52.9 Å². The van der Waals surface area contributed by atoms with Gasteiger partial charge in [-0.3, -0.25) is 0 Å². The SMILES string of the molecule is Fc1cc(-c2ccc([C@H]3CC[C@H](CCI)CC3)cc2)ccc1C(F)(F)F. The van der Waals surface area contributed by atoms with Gasteiger partial charge >= 0.3 is 6.18 Å². The lowest BCUT2D eigenvalue weighted by Gasteiger charge is -2.28. The van der Waals surface area contributed by atoms with Crippen molar-refractivity contribution < 1.29 is 17.6 Å². The van der Waals surface area contributed by atoms with Crippen molar-refractivity contribution in [2.75, 3.05) is 4.43 Å². The van der Waals surface area contributed by atoms with Crippen molar-refractivity contribution in [3.05, 3.63) is 59.4 Å². The molecule has 0 nitrogen and oxygen atoms in total. The fraction of sp³-hybridized carbons (Fsp3) is 0.429. The van der Waals surface area contributed by atoms with E-state index < -0.39 is 17.6 Å². The number of halogens is 5. The normalized spacial score (nSPS) is 21.0. The molecule has 0 atom stereocenters. The van der Waals surface area contributed by atoms with Crippen LogP contribution in [0.1, 0.15) is 49.1 Å². The molecule has 0 aliphatic heterocycles. The monoisotopic (exact) mass is 476 g/mol. The summed E-state index contributed by atoms with van der Waals surface area (Å²) in [4.78, 5) is 0. The molecule has 1 aliphatic carbocycles. The van der Waals surface area contributed by atoms with Crippen LogP contribution >= 0.6 is 22.6 Å². The Morgan fingerprint density at radius 1 is 0.885 bits per heavy atom. The molecule has 0 aromatic heterocycles. The number of hydrogen-bond donors (Lipinski definition) is 0. The predicted molar refractivity (Wildman–Crippen MR) is 105 cm³/mol. The Labute approximate surface area is 165 Å². The second-order valence-electron chi connectivity index (χ2n) is 7.01. The Hall–Kier alpha value is -1.11. The van der Waals surface area contributed by atoms with Crippen LogP contribution in [0.15, 0.2) is 42.5 Å². The lowest BCUT2D eigenvalue weighted by atomic mass is 9.77. The highest BCUT2D eigenvalue weighted by atomic mass is 127. The van der Waals surface area contributed by atoms with Crippen LogP contribution in [0.2, 0.25) is 0 Å². The fourth-order valence-electron chi connectivity index (χ4n) is 3.81. The third kappa shape index (κ3) is 4.59. The third-order valence-electron chi connectivity index (χ3n) is 5.35. The Kier molecular flexibility index (Phi) is 6.25. The third-order valence-corrected chi connectivity index (χ3v) is 5.98. The van der Waals surface area contributed by atoms with Gasteiger partial charge in [-0.25, -0.2) is 4.39 Å². The van der Waals surface area contributed by atoms with E-state index in [1.165, 1.54) is 48.2 Å². The summed E-state index contributed by atoms with van der Waals surface area (Å²) in [5.74, 6) is 0.170. The zero-order chi connectivity index (χ0) is 18.7. The second-order valence-corrected chi connectivity index (χ2v) is 8.09. The molecule has 0 spiro atoms. The van der Waals surface area contributed by atoms with Crippen molar-refractivity contribution in [1.29, 1.82) is 0 Å². The number of hydrogen-bond acceptors (Lipinski definition) is 0. The lowest BCUT2D eigenvalue weighted by Crippen LogP contribution is -2.13. The molecule has 3 rings (SSSR count). The molecule has 0 bridgehead atoms. The molecule has 0 unspecified atom stereocenters. The molecule has 2 aromatic carbocycles. The number of benzene rings is 2. The highest BCUT2D eigenvalue weighted by molar-refractivity contribution is 14.1. The van der Waals surface area contributed by atoms with E-state index in [1.54, 1.807) is 0 Å². The standard InChI is InChI=1S/C21H21F4I/c22-20-13-18(9-10-19(20)21(23,24)25)17-7-5-16(6-8-17)15-3-1-14(2-4-15)11-12-26/h5-10,13-15H,1-4,11-12H2/t14-,15-. The largest absolute Gasteiger partial charge is 0.419 e. The molecule has 1 aliphatic rings. The van der Waals surface area contributed by atoms with Crippen LogP contribution in [-0.4, -0.2) is 4.43 Å². The van der Waals surface area contributed by atoms with Crippen molar-refractivity contribution in [2.45, 2.75) is 44.2 Å². The summed E-state index contributed by atoms with van der Waals surface area (Å²) < 4.78 is 53.0. The van der Waals surface area contributed by atoms with Gasteiger partial charge in [-0.15, -0.1) is 0 Å². The Balaban J connectivity index is 1.71. The van der Waals surface area contributed by atoms with E-state index in [0.29, 0.717) is 11.5 Å². The minimum absolute atomic E-state index is 0.466. The molecule has 1 fully saturated rings. The average Bonchev–Trinajstić information content (AvgIpc) is 2.62. The summed E-state index contributed by atoms with van der Waals surface area (Å²) in [7, 11) is 0. The Bertz CT molecular complexity index is 729. The van der Waals surface area contributed by atoms with Crippen LogP contribution in [0.3, 0.4) is 0 Å². The van der Waals surface area contributed by atoms with Crippen LogP contribution < -0.4 is 0 Å². The van der Waals surface area contributed by atoms with Crippen molar-refractivity contribution in [3.63, 3.8) is 0 Å². The van der Waals surface area contributed by atoms with Gasteiger partial charge in [0.15, 0.2) is 0 Å². The summed E-state index contributed by atoms with van der Waals surface area (Å²) in [6, 6.07) is 10.9. The van der Waals surface area contributed by atoms with Crippen LogP contribution in [0, 0.1) is 11.7 Å². The van der Waals surface area contributed by atoms with E-state index >= 15 is 0 Å². The van der Waals surface area contributed by atoms with E-state index in [2.05, 4.69) is 22.6 Å². The van der Waals surface area contributed by atoms with E-state index in [9.17, 15) is 17.6 Å². The first-order valence-electron chi connectivity index (χ1n) is 8.91. The smallest absolute Gasteiger partial charge is 0.206 e. The molecule has 140 valence electrons. The maximum absolute atomic E-state index is 13.8. The van der Waals surface area contributed by atoms with E-state index in [0.717, 1.165) is 23.6 Å². The predicted octanol–water partition coefficient (Wildman–Crippen LogP) is 7.61. The second kappa shape index (κ2) is 8.28. The van der Waals surface area contributed by atoms with Gasteiger partial charge in [0, 0.05) is 0 Å². The van der Waals surface area contributed by atoms with Crippen LogP contribution in [0.25, 0.3) is 11.1 Å². The minimum atomic E-state index is -4.66. The summed E-state index contributed by atoms with van der Waals surface area (Å²) in [6.07, 6.45) is 1.54. The Morgan fingerprint density at radius 3 is 2.04 bits per heavy atom. The van der Waals surface area contributed by atoms with Crippen molar-refractivity contribution in [2.24, 2.45) is 5.92 Å². The summed E-state index contributed by atoms with van der Waals surface area (Å²) in [5, 5.41) is 0. The number of alkyl halides is 4. The van der Waals surface area contributed by atoms with Gasteiger partial charge in [0.25, 0.3) is 0 Å². The van der Waals surface area contributed by atoms with Crippen molar-refractivity contribution >= 4 is 22.6 Å². The van der Waals surface area contributed by atoms with Crippen LogP contribution in [0.4, 0.5) is 17.6 Å². The first-order valence-corrected chi connectivity index (χ1v) is 10.4. The Morgan fingerprint density at radius 2 is 1.50 bits per heavy atom. The molecule has 2 aromatic rings. The summed E-state index contributed by atoms with van der Waals surface area (Å²) >= 11 is 2.44. The maximum Gasteiger partial charge on any atom is 0.419 e. The van der Waals surface area contributed by atoms with Crippen LogP contribution in [0.5, 0.6) is 0 Å².